The normalized spacial score (nSPS) is 12.4. The van der Waals surface area contributed by atoms with Crippen LogP contribution < -0.4 is 5.32 Å². The van der Waals surface area contributed by atoms with E-state index in [0.29, 0.717) is 17.0 Å². The third-order valence-electron chi connectivity index (χ3n) is 3.06. The first-order valence-electron chi connectivity index (χ1n) is 5.97. The Balaban J connectivity index is 2.21. The highest BCUT2D eigenvalue weighted by Gasteiger charge is 2.13. The van der Waals surface area contributed by atoms with Crippen molar-refractivity contribution < 1.29 is 4.39 Å². The number of nitrogens with one attached hydrogen (secondary N) is 1. The van der Waals surface area contributed by atoms with Crippen LogP contribution in [-0.2, 0) is 6.42 Å². The minimum Gasteiger partial charge on any atom is -0.313 e. The summed E-state index contributed by atoms with van der Waals surface area (Å²) in [6, 6.07) is 13.2. The Bertz CT molecular complexity index is 557. The van der Waals surface area contributed by atoms with E-state index in [1.54, 1.807) is 12.1 Å². The van der Waals surface area contributed by atoms with Gasteiger partial charge in [-0.1, -0.05) is 29.8 Å². The Kier molecular flexibility index (Phi) is 5.19. The van der Waals surface area contributed by atoms with Gasteiger partial charge >= 0.3 is 0 Å². The summed E-state index contributed by atoms with van der Waals surface area (Å²) in [6.07, 6.45) is 0.597. The van der Waals surface area contributed by atoms with Crippen LogP contribution in [-0.4, -0.2) is 7.05 Å². The van der Waals surface area contributed by atoms with Crippen molar-refractivity contribution in [3.8, 4) is 0 Å². The topological polar surface area (TPSA) is 12.0 Å². The first-order valence-corrected chi connectivity index (χ1v) is 7.42. The number of likely N-dealkylation sites (N-methyl/N-ethyl adjacent to an activating group) is 1. The zero-order valence-corrected chi connectivity index (χ0v) is 13.4. The van der Waals surface area contributed by atoms with E-state index >= 15 is 0 Å². The highest BCUT2D eigenvalue weighted by atomic mass is 127. The zero-order chi connectivity index (χ0) is 13.8. The Labute approximate surface area is 131 Å². The average Bonchev–Trinajstić information content (AvgIpc) is 2.39. The summed E-state index contributed by atoms with van der Waals surface area (Å²) in [5, 5.41) is 3.65. The predicted molar refractivity (Wildman–Crippen MR) is 86.1 cm³/mol. The smallest absolute Gasteiger partial charge is 0.127 e. The summed E-state index contributed by atoms with van der Waals surface area (Å²) in [7, 11) is 1.89. The molecule has 0 aromatic heterocycles. The van der Waals surface area contributed by atoms with E-state index in [9.17, 15) is 4.39 Å². The fourth-order valence-electron chi connectivity index (χ4n) is 1.99. The molecular formula is C15H14ClFIN. The Hall–Kier alpha value is -0.650. The molecule has 19 heavy (non-hydrogen) atoms. The highest BCUT2D eigenvalue weighted by Crippen LogP contribution is 2.22. The van der Waals surface area contributed by atoms with E-state index in [1.165, 1.54) is 9.64 Å². The van der Waals surface area contributed by atoms with Gasteiger partial charge in [0.15, 0.2) is 0 Å². The van der Waals surface area contributed by atoms with Gasteiger partial charge in [0.25, 0.3) is 0 Å². The minimum atomic E-state index is -0.252. The second-order valence-electron chi connectivity index (χ2n) is 4.33. The molecule has 1 unspecified atom stereocenters. The number of rotatable bonds is 4. The maximum atomic E-state index is 13.8. The first-order chi connectivity index (χ1) is 9.10. The monoisotopic (exact) mass is 389 g/mol. The largest absolute Gasteiger partial charge is 0.313 e. The predicted octanol–water partition coefficient (Wildman–Crippen LogP) is 4.59. The van der Waals surface area contributed by atoms with E-state index in [2.05, 4.69) is 52.2 Å². The molecule has 100 valence electrons. The summed E-state index contributed by atoms with van der Waals surface area (Å²) < 4.78 is 15.0. The maximum Gasteiger partial charge on any atom is 0.127 e. The molecule has 0 aliphatic rings. The first kappa shape index (κ1) is 14.8. The molecule has 0 heterocycles. The van der Waals surface area contributed by atoms with Gasteiger partial charge in [-0.15, -0.1) is 0 Å². The van der Waals surface area contributed by atoms with Gasteiger partial charge in [0.05, 0.1) is 0 Å². The van der Waals surface area contributed by atoms with E-state index in [0.717, 1.165) is 5.56 Å². The van der Waals surface area contributed by atoms with Crippen LogP contribution in [0, 0.1) is 9.39 Å². The Morgan fingerprint density at radius 1 is 1.21 bits per heavy atom. The van der Waals surface area contributed by atoms with Crippen molar-refractivity contribution in [2.75, 3.05) is 7.05 Å². The van der Waals surface area contributed by atoms with E-state index in [1.807, 2.05) is 7.05 Å². The van der Waals surface area contributed by atoms with Gasteiger partial charge in [0.1, 0.15) is 5.82 Å². The standard InChI is InChI=1S/C15H14ClFIN/c1-19-15(10-3-6-13(18)7-4-10)8-11-2-5-12(16)9-14(11)17/h2-7,9,15,19H,8H2,1H3. The molecule has 1 nitrogen and oxygen atoms in total. The van der Waals surface area contributed by atoms with Crippen molar-refractivity contribution >= 4 is 34.2 Å². The molecule has 0 fully saturated rings. The summed E-state index contributed by atoms with van der Waals surface area (Å²) >= 11 is 8.03. The van der Waals surface area contributed by atoms with Crippen molar-refractivity contribution in [3.63, 3.8) is 0 Å². The van der Waals surface area contributed by atoms with Crippen molar-refractivity contribution in [1.82, 2.24) is 5.32 Å². The quantitative estimate of drug-likeness (QED) is 0.754. The summed E-state index contributed by atoms with van der Waals surface area (Å²) in [6.45, 7) is 0. The van der Waals surface area contributed by atoms with Gasteiger partial charge in [-0.3, -0.25) is 0 Å². The lowest BCUT2D eigenvalue weighted by molar-refractivity contribution is 0.554. The third kappa shape index (κ3) is 3.91. The molecule has 1 N–H and O–H groups in total. The Morgan fingerprint density at radius 3 is 2.47 bits per heavy atom. The number of hydrogen-bond donors (Lipinski definition) is 1. The molecule has 0 amide bonds. The average molecular weight is 390 g/mol. The Morgan fingerprint density at radius 2 is 1.89 bits per heavy atom. The van der Waals surface area contributed by atoms with Crippen LogP contribution in [0.4, 0.5) is 4.39 Å². The second kappa shape index (κ2) is 6.68. The lowest BCUT2D eigenvalue weighted by Gasteiger charge is -2.17. The molecule has 0 bridgehead atoms. The third-order valence-corrected chi connectivity index (χ3v) is 4.01. The molecule has 0 radical (unpaired) electrons. The van der Waals surface area contributed by atoms with E-state index in [4.69, 9.17) is 11.6 Å². The van der Waals surface area contributed by atoms with Crippen LogP contribution in [0.2, 0.25) is 5.02 Å². The van der Waals surface area contributed by atoms with Gasteiger partial charge in [-0.05, 0) is 71.5 Å². The fourth-order valence-corrected chi connectivity index (χ4v) is 2.51. The van der Waals surface area contributed by atoms with Crippen LogP contribution in [0.1, 0.15) is 17.2 Å². The molecular weight excluding hydrogens is 376 g/mol. The van der Waals surface area contributed by atoms with E-state index < -0.39 is 0 Å². The molecule has 0 spiro atoms. The van der Waals surface area contributed by atoms with Crippen LogP contribution in [0.15, 0.2) is 42.5 Å². The lowest BCUT2D eigenvalue weighted by atomic mass is 9.99. The summed E-state index contributed by atoms with van der Waals surface area (Å²) in [4.78, 5) is 0. The van der Waals surface area contributed by atoms with Crippen molar-refractivity contribution in [1.29, 1.82) is 0 Å². The molecule has 1 atom stereocenters. The van der Waals surface area contributed by atoms with Crippen LogP contribution in [0.25, 0.3) is 0 Å². The number of hydrogen-bond acceptors (Lipinski definition) is 1. The summed E-state index contributed by atoms with van der Waals surface area (Å²) in [5.74, 6) is -0.252. The highest BCUT2D eigenvalue weighted by molar-refractivity contribution is 14.1. The van der Waals surface area contributed by atoms with Crippen LogP contribution in [0.5, 0.6) is 0 Å². The number of halogens is 3. The van der Waals surface area contributed by atoms with Gasteiger partial charge in [0, 0.05) is 14.6 Å². The molecule has 4 heteroatoms. The lowest BCUT2D eigenvalue weighted by Crippen LogP contribution is -2.19. The number of benzene rings is 2. The van der Waals surface area contributed by atoms with Crippen molar-refractivity contribution in [3.05, 3.63) is 68.0 Å². The van der Waals surface area contributed by atoms with Crippen molar-refractivity contribution in [2.24, 2.45) is 0 Å². The fraction of sp³-hybridized carbons (Fsp3) is 0.200. The van der Waals surface area contributed by atoms with Gasteiger partial charge < -0.3 is 5.32 Å². The van der Waals surface area contributed by atoms with Crippen molar-refractivity contribution in [2.45, 2.75) is 12.5 Å². The molecule has 2 aromatic rings. The molecule has 0 aliphatic carbocycles. The molecule has 2 aromatic carbocycles. The SMILES string of the molecule is CNC(Cc1ccc(Cl)cc1F)c1ccc(I)cc1. The molecule has 0 aliphatic heterocycles. The van der Waals surface area contributed by atoms with Crippen LogP contribution in [0.3, 0.4) is 0 Å². The maximum absolute atomic E-state index is 13.8. The zero-order valence-electron chi connectivity index (χ0n) is 10.5. The van der Waals surface area contributed by atoms with Gasteiger partial charge in [-0.2, -0.15) is 0 Å². The molecule has 2 rings (SSSR count). The molecule has 0 saturated heterocycles. The summed E-state index contributed by atoms with van der Waals surface area (Å²) in [5.41, 5.74) is 1.82. The van der Waals surface area contributed by atoms with Crippen LogP contribution >= 0.6 is 34.2 Å². The van der Waals surface area contributed by atoms with Gasteiger partial charge in [-0.25, -0.2) is 4.39 Å². The second-order valence-corrected chi connectivity index (χ2v) is 6.01. The minimum absolute atomic E-state index is 0.0904. The van der Waals surface area contributed by atoms with Gasteiger partial charge in [0.2, 0.25) is 0 Å². The van der Waals surface area contributed by atoms with E-state index in [-0.39, 0.29) is 11.9 Å². The molecule has 0 saturated carbocycles.